The molecule has 2 nitrogen and oxygen atoms in total. The van der Waals surface area contributed by atoms with Gasteiger partial charge in [-0.25, -0.2) is 0 Å². The van der Waals surface area contributed by atoms with Crippen molar-refractivity contribution in [3.8, 4) is 44.5 Å². The second-order valence-corrected chi connectivity index (χ2v) is 14.7. The van der Waals surface area contributed by atoms with Crippen LogP contribution in [0.2, 0.25) is 0 Å². The summed E-state index contributed by atoms with van der Waals surface area (Å²) in [5, 5.41) is 11.8. The Morgan fingerprint density at radius 1 is 0.268 bits per heavy atom. The SMILES string of the molecule is c1ccc2c(-c3ccc(-c4c5ccccc5c(-c5ccc(-c6ccc7c(c6)oc6ccccc67)c6c5oc5ccccc56)c5ccccc45)cc3)cccc2c1. The minimum Gasteiger partial charge on any atom is -0.456 e. The van der Waals surface area contributed by atoms with Crippen molar-refractivity contribution in [1.82, 2.24) is 0 Å². The van der Waals surface area contributed by atoms with Gasteiger partial charge in [-0.05, 0) is 96.0 Å². The van der Waals surface area contributed by atoms with E-state index in [4.69, 9.17) is 8.83 Å². The molecule has 2 heterocycles. The maximum Gasteiger partial charge on any atom is 0.143 e. The lowest BCUT2D eigenvalue weighted by Gasteiger charge is -2.18. The van der Waals surface area contributed by atoms with E-state index in [2.05, 4.69) is 182 Å². The van der Waals surface area contributed by atoms with E-state index in [1.54, 1.807) is 0 Å². The molecule has 0 amide bonds. The van der Waals surface area contributed by atoms with Crippen LogP contribution in [0.25, 0.3) is 121 Å². The second-order valence-electron chi connectivity index (χ2n) is 14.7. The Morgan fingerprint density at radius 2 is 0.786 bits per heavy atom. The summed E-state index contributed by atoms with van der Waals surface area (Å²) in [5.74, 6) is 0. The molecule has 0 aliphatic carbocycles. The minimum absolute atomic E-state index is 0.873. The van der Waals surface area contributed by atoms with Crippen molar-refractivity contribution in [1.29, 1.82) is 0 Å². The van der Waals surface area contributed by atoms with E-state index in [0.717, 1.165) is 60.6 Å². The average Bonchev–Trinajstić information content (AvgIpc) is 3.84. The zero-order chi connectivity index (χ0) is 36.7. The molecule has 12 rings (SSSR count). The molecule has 0 saturated carbocycles. The fraction of sp³-hybridized carbons (Fsp3) is 0. The summed E-state index contributed by atoms with van der Waals surface area (Å²) in [6.07, 6.45) is 0. The predicted octanol–water partition coefficient (Wildman–Crippen LogP) is 15.6. The van der Waals surface area contributed by atoms with Crippen LogP contribution in [0, 0.1) is 0 Å². The molecule has 10 aromatic carbocycles. The lowest BCUT2D eigenvalue weighted by Crippen LogP contribution is -1.92. The van der Waals surface area contributed by atoms with Crippen molar-refractivity contribution in [2.45, 2.75) is 0 Å². The summed E-state index contributed by atoms with van der Waals surface area (Å²) in [5.41, 5.74) is 12.9. The highest BCUT2D eigenvalue weighted by molar-refractivity contribution is 6.26. The van der Waals surface area contributed by atoms with Gasteiger partial charge in [0.25, 0.3) is 0 Å². The maximum absolute atomic E-state index is 6.91. The van der Waals surface area contributed by atoms with E-state index in [1.165, 1.54) is 60.1 Å². The summed E-state index contributed by atoms with van der Waals surface area (Å²) >= 11 is 0. The van der Waals surface area contributed by atoms with Crippen LogP contribution >= 0.6 is 0 Å². The molecule has 0 radical (unpaired) electrons. The molecule has 0 atom stereocenters. The third-order valence-corrected chi connectivity index (χ3v) is 11.7. The van der Waals surface area contributed by atoms with E-state index in [-0.39, 0.29) is 0 Å². The Bertz CT molecular complexity index is 3460. The van der Waals surface area contributed by atoms with Crippen LogP contribution in [0.4, 0.5) is 0 Å². The number of rotatable bonds is 4. The Morgan fingerprint density at radius 3 is 1.52 bits per heavy atom. The molecule has 0 N–H and O–H groups in total. The molecule has 12 aromatic rings. The highest BCUT2D eigenvalue weighted by Crippen LogP contribution is 2.49. The van der Waals surface area contributed by atoms with Gasteiger partial charge in [0.15, 0.2) is 0 Å². The fourth-order valence-electron chi connectivity index (χ4n) is 9.18. The van der Waals surface area contributed by atoms with Crippen LogP contribution in [0.5, 0.6) is 0 Å². The third kappa shape index (κ3) is 4.57. The Hall–Kier alpha value is -7.42. The van der Waals surface area contributed by atoms with Gasteiger partial charge in [-0.15, -0.1) is 0 Å². The highest BCUT2D eigenvalue weighted by atomic mass is 16.3. The molecule has 0 bridgehead atoms. The van der Waals surface area contributed by atoms with Crippen LogP contribution in [0.3, 0.4) is 0 Å². The molecule has 2 heteroatoms. The number of para-hydroxylation sites is 2. The number of benzene rings is 10. The van der Waals surface area contributed by atoms with E-state index in [9.17, 15) is 0 Å². The van der Waals surface area contributed by atoms with Crippen molar-refractivity contribution in [2.75, 3.05) is 0 Å². The average molecular weight is 713 g/mol. The molecule has 0 aliphatic rings. The first kappa shape index (κ1) is 31.0. The summed E-state index contributed by atoms with van der Waals surface area (Å²) in [4.78, 5) is 0. The van der Waals surface area contributed by atoms with Crippen LogP contribution in [-0.4, -0.2) is 0 Å². The Labute approximate surface area is 322 Å². The quantitative estimate of drug-likeness (QED) is 0.170. The molecular formula is C54H32O2. The van der Waals surface area contributed by atoms with E-state index < -0.39 is 0 Å². The van der Waals surface area contributed by atoms with Crippen LogP contribution in [-0.2, 0) is 0 Å². The lowest BCUT2D eigenvalue weighted by atomic mass is 9.84. The van der Waals surface area contributed by atoms with Gasteiger partial charge in [0.1, 0.15) is 22.3 Å². The van der Waals surface area contributed by atoms with Crippen LogP contribution < -0.4 is 0 Å². The minimum atomic E-state index is 0.873. The largest absolute Gasteiger partial charge is 0.456 e. The molecular weight excluding hydrogens is 681 g/mol. The summed E-state index contributed by atoms with van der Waals surface area (Å²) in [7, 11) is 0. The highest BCUT2D eigenvalue weighted by Gasteiger charge is 2.23. The smallest absolute Gasteiger partial charge is 0.143 e. The number of hydrogen-bond donors (Lipinski definition) is 0. The van der Waals surface area contributed by atoms with Crippen LogP contribution in [0.15, 0.2) is 203 Å². The van der Waals surface area contributed by atoms with Gasteiger partial charge >= 0.3 is 0 Å². The maximum atomic E-state index is 6.91. The lowest BCUT2D eigenvalue weighted by molar-refractivity contribution is 0.668. The first-order chi connectivity index (χ1) is 27.8. The van der Waals surface area contributed by atoms with Gasteiger partial charge in [-0.3, -0.25) is 0 Å². The van der Waals surface area contributed by atoms with E-state index in [1.807, 2.05) is 12.1 Å². The molecule has 0 saturated heterocycles. The van der Waals surface area contributed by atoms with Crippen LogP contribution in [0.1, 0.15) is 0 Å². The number of hydrogen-bond acceptors (Lipinski definition) is 2. The molecule has 56 heavy (non-hydrogen) atoms. The molecule has 0 fully saturated rings. The van der Waals surface area contributed by atoms with Crippen molar-refractivity contribution >= 4 is 76.2 Å². The predicted molar refractivity (Wildman–Crippen MR) is 235 cm³/mol. The van der Waals surface area contributed by atoms with Gasteiger partial charge < -0.3 is 8.83 Å². The normalized spacial score (nSPS) is 11.9. The second kappa shape index (κ2) is 12.0. The van der Waals surface area contributed by atoms with Crippen molar-refractivity contribution in [3.63, 3.8) is 0 Å². The van der Waals surface area contributed by atoms with Gasteiger partial charge in [0.2, 0.25) is 0 Å². The first-order valence-corrected chi connectivity index (χ1v) is 19.2. The van der Waals surface area contributed by atoms with Gasteiger partial charge in [-0.1, -0.05) is 164 Å². The summed E-state index contributed by atoms with van der Waals surface area (Å²) in [6.45, 7) is 0. The zero-order valence-corrected chi connectivity index (χ0v) is 30.3. The summed E-state index contributed by atoms with van der Waals surface area (Å²) in [6, 6.07) is 69.7. The standard InChI is InChI=1S/C54H32O2/c1-2-14-37-33(12-1)13-11-21-38(37)34-24-26-35(27-25-34)51-42-16-3-5-18-44(42)52(45-19-6-4-17-43(45)51)47-31-30-39(53-46-20-8-10-23-49(46)56-54(47)53)36-28-29-41-40-15-7-9-22-48(40)55-50(41)32-36/h1-32H. The van der Waals surface area contributed by atoms with Crippen molar-refractivity contribution < 1.29 is 8.83 Å². The van der Waals surface area contributed by atoms with Crippen molar-refractivity contribution in [3.05, 3.63) is 194 Å². The molecule has 0 unspecified atom stereocenters. The fourth-order valence-corrected chi connectivity index (χ4v) is 9.18. The molecule has 260 valence electrons. The van der Waals surface area contributed by atoms with E-state index >= 15 is 0 Å². The van der Waals surface area contributed by atoms with E-state index in [0.29, 0.717) is 0 Å². The van der Waals surface area contributed by atoms with Gasteiger partial charge in [0, 0.05) is 32.7 Å². The van der Waals surface area contributed by atoms with Gasteiger partial charge in [-0.2, -0.15) is 0 Å². The molecule has 0 spiro atoms. The zero-order valence-electron chi connectivity index (χ0n) is 30.3. The number of furan rings is 2. The van der Waals surface area contributed by atoms with Crippen molar-refractivity contribution in [2.24, 2.45) is 0 Å². The topological polar surface area (TPSA) is 26.3 Å². The Kier molecular flexibility index (Phi) is 6.66. The Balaban J connectivity index is 1.08. The monoisotopic (exact) mass is 712 g/mol. The van der Waals surface area contributed by atoms with Gasteiger partial charge in [0.05, 0.1) is 0 Å². The first-order valence-electron chi connectivity index (χ1n) is 19.2. The molecule has 2 aromatic heterocycles. The summed E-state index contributed by atoms with van der Waals surface area (Å²) < 4.78 is 13.3. The third-order valence-electron chi connectivity index (χ3n) is 11.7. The molecule has 0 aliphatic heterocycles. The number of fused-ring (bicyclic) bond motifs is 9.